The first-order valence-corrected chi connectivity index (χ1v) is 15.3. The second kappa shape index (κ2) is 13.0. The standard InChI is InChI=1S/C33H40F4N5O3/c1-21-16-26(40-29(17-21)41-28-18-23(30(34)35)10-13-38-28)24-6-9-27(39-19-24)32(2,44)25-7-4-22(5-8-25)31(43)45-20-42(3)14-11-33(36,37)12-15-42/h6,9-10,13,16-19,22,25,30,44H,4-5,7-8,11-12,14-15,20H2,1-3H3,(H,38,40,41)/q+1/t22?,25?,32-/m1/s1. The molecule has 1 atom stereocenters. The summed E-state index contributed by atoms with van der Waals surface area (Å²) in [5, 5.41) is 14.5. The van der Waals surface area contributed by atoms with E-state index >= 15 is 0 Å². The number of ether oxygens (including phenoxy) is 1. The lowest BCUT2D eigenvalue weighted by Crippen LogP contribution is -2.54. The second-order valence-corrected chi connectivity index (χ2v) is 13.0. The first kappa shape index (κ1) is 32.7. The lowest BCUT2D eigenvalue weighted by molar-refractivity contribution is -0.932. The maximum Gasteiger partial charge on any atom is 0.313 e. The van der Waals surface area contributed by atoms with E-state index < -0.39 is 17.9 Å². The number of aryl methyl sites for hydroxylation is 1. The number of halogens is 4. The first-order chi connectivity index (χ1) is 21.2. The molecule has 0 bridgehead atoms. The van der Waals surface area contributed by atoms with Gasteiger partial charge in [0.1, 0.15) is 17.2 Å². The number of nitrogens with one attached hydrogen (secondary N) is 1. The summed E-state index contributed by atoms with van der Waals surface area (Å²) in [6, 6.07) is 9.82. The van der Waals surface area contributed by atoms with Crippen LogP contribution in [0, 0.1) is 18.8 Å². The SMILES string of the molecule is Cc1cc(Nc2cc(C(F)F)ccn2)nc(-c2ccc([C@](C)(O)C3CCC(C(=O)OC[N+]4(C)CCC(F)(F)CC4)CC3)nc2)c1. The lowest BCUT2D eigenvalue weighted by atomic mass is 9.73. The molecule has 45 heavy (non-hydrogen) atoms. The number of carbonyl (C=O) groups is 1. The van der Waals surface area contributed by atoms with Gasteiger partial charge in [-0.05, 0) is 87.4 Å². The molecule has 0 radical (unpaired) electrons. The van der Waals surface area contributed by atoms with Gasteiger partial charge in [0.05, 0.1) is 50.3 Å². The number of esters is 1. The predicted octanol–water partition coefficient (Wildman–Crippen LogP) is 6.92. The largest absolute Gasteiger partial charge is 0.415 e. The number of nitrogens with zero attached hydrogens (tertiary/aromatic N) is 4. The van der Waals surface area contributed by atoms with Crippen molar-refractivity contribution in [3.8, 4) is 11.3 Å². The molecule has 2 aliphatic rings. The van der Waals surface area contributed by atoms with Crippen LogP contribution in [-0.2, 0) is 15.1 Å². The normalized spacial score (nSPS) is 22.4. The van der Waals surface area contributed by atoms with Gasteiger partial charge in [0.25, 0.3) is 12.3 Å². The fraction of sp³-hybridized carbons (Fsp3) is 0.515. The molecule has 1 aliphatic heterocycles. The van der Waals surface area contributed by atoms with Crippen LogP contribution in [-0.4, -0.2) is 63.3 Å². The summed E-state index contributed by atoms with van der Waals surface area (Å²) in [6.45, 7) is 4.28. The van der Waals surface area contributed by atoms with Gasteiger partial charge < -0.3 is 15.2 Å². The van der Waals surface area contributed by atoms with Gasteiger partial charge in [0, 0.05) is 23.5 Å². The van der Waals surface area contributed by atoms with E-state index in [0.29, 0.717) is 47.4 Å². The molecule has 0 amide bonds. The van der Waals surface area contributed by atoms with Crippen LogP contribution in [0.25, 0.3) is 11.3 Å². The average Bonchev–Trinajstić information content (AvgIpc) is 3.01. The summed E-state index contributed by atoms with van der Waals surface area (Å²) in [5.41, 5.74) is 1.38. The van der Waals surface area contributed by atoms with Crippen LogP contribution >= 0.6 is 0 Å². The minimum Gasteiger partial charge on any atom is -0.415 e. The van der Waals surface area contributed by atoms with Crippen molar-refractivity contribution in [3.05, 3.63) is 65.6 Å². The number of carbonyl (C=O) groups excluding carboxylic acids is 1. The number of aliphatic hydroxyl groups is 1. The number of pyridine rings is 3. The molecule has 242 valence electrons. The van der Waals surface area contributed by atoms with Gasteiger partial charge in [-0.2, -0.15) is 0 Å². The fourth-order valence-corrected chi connectivity index (χ4v) is 6.18. The molecular weight excluding hydrogens is 590 g/mol. The quantitative estimate of drug-likeness (QED) is 0.151. The Morgan fingerprint density at radius 3 is 2.44 bits per heavy atom. The van der Waals surface area contributed by atoms with Gasteiger partial charge >= 0.3 is 5.97 Å². The van der Waals surface area contributed by atoms with Crippen LogP contribution in [0.5, 0.6) is 0 Å². The Bertz CT molecular complexity index is 1480. The van der Waals surface area contributed by atoms with Crippen molar-refractivity contribution in [2.45, 2.75) is 70.3 Å². The molecule has 5 rings (SSSR count). The number of hydrogen-bond acceptors (Lipinski definition) is 7. The summed E-state index contributed by atoms with van der Waals surface area (Å²) >= 11 is 0. The molecule has 0 unspecified atom stereocenters. The maximum absolute atomic E-state index is 13.5. The number of likely N-dealkylation sites (tertiary alicyclic amines) is 1. The number of hydrogen-bond donors (Lipinski definition) is 2. The van der Waals surface area contributed by atoms with Gasteiger partial charge in [-0.3, -0.25) is 14.3 Å². The molecule has 4 heterocycles. The topological polar surface area (TPSA) is 97.2 Å². The molecule has 8 nitrogen and oxygen atoms in total. The zero-order chi connectivity index (χ0) is 32.4. The molecule has 12 heteroatoms. The highest BCUT2D eigenvalue weighted by atomic mass is 19.3. The monoisotopic (exact) mass is 630 g/mol. The van der Waals surface area contributed by atoms with Crippen molar-refractivity contribution in [3.63, 3.8) is 0 Å². The minimum atomic E-state index is -2.64. The van der Waals surface area contributed by atoms with Gasteiger partial charge in [-0.1, -0.05) is 0 Å². The van der Waals surface area contributed by atoms with Crippen molar-refractivity contribution in [1.82, 2.24) is 15.0 Å². The Labute approximate surface area is 260 Å². The number of aromatic nitrogens is 3. The van der Waals surface area contributed by atoms with Crippen LogP contribution in [0.1, 0.15) is 68.7 Å². The molecular formula is C33H40F4N5O3+. The first-order valence-electron chi connectivity index (χ1n) is 15.3. The average molecular weight is 631 g/mol. The van der Waals surface area contributed by atoms with Crippen molar-refractivity contribution in [1.29, 1.82) is 0 Å². The zero-order valence-electron chi connectivity index (χ0n) is 25.8. The molecule has 1 saturated carbocycles. The van der Waals surface area contributed by atoms with Crippen LogP contribution in [0.4, 0.5) is 29.2 Å². The van der Waals surface area contributed by atoms with Crippen LogP contribution in [0.3, 0.4) is 0 Å². The lowest BCUT2D eigenvalue weighted by Gasteiger charge is -2.40. The maximum atomic E-state index is 13.5. The summed E-state index contributed by atoms with van der Waals surface area (Å²) < 4.78 is 59.2. The van der Waals surface area contributed by atoms with Gasteiger partial charge in [0.2, 0.25) is 6.73 Å². The van der Waals surface area contributed by atoms with E-state index in [1.165, 1.54) is 18.3 Å². The van der Waals surface area contributed by atoms with Crippen molar-refractivity contribution in [2.24, 2.45) is 11.8 Å². The Balaban J connectivity index is 1.18. The molecule has 1 aliphatic carbocycles. The van der Waals surface area contributed by atoms with Crippen molar-refractivity contribution < 1.29 is 36.7 Å². The van der Waals surface area contributed by atoms with Crippen molar-refractivity contribution in [2.75, 3.05) is 32.2 Å². The van der Waals surface area contributed by atoms with Gasteiger partial charge in [-0.25, -0.2) is 27.5 Å². The molecule has 3 aromatic heterocycles. The molecule has 2 fully saturated rings. The number of piperidine rings is 1. The highest BCUT2D eigenvalue weighted by Crippen LogP contribution is 2.41. The third kappa shape index (κ3) is 7.96. The van der Waals surface area contributed by atoms with E-state index in [0.717, 1.165) is 11.1 Å². The number of quaternary nitrogens is 1. The van der Waals surface area contributed by atoms with E-state index in [1.807, 2.05) is 26.1 Å². The third-order valence-corrected chi connectivity index (χ3v) is 9.25. The van der Waals surface area contributed by atoms with Gasteiger partial charge in [-0.15, -0.1) is 0 Å². The van der Waals surface area contributed by atoms with Crippen LogP contribution < -0.4 is 5.32 Å². The number of alkyl halides is 4. The fourth-order valence-electron chi connectivity index (χ4n) is 6.18. The second-order valence-electron chi connectivity index (χ2n) is 13.0. The highest BCUT2D eigenvalue weighted by molar-refractivity contribution is 5.72. The Hall–Kier alpha value is -3.64. The summed E-state index contributed by atoms with van der Waals surface area (Å²) in [7, 11) is 1.84. The van der Waals surface area contributed by atoms with Crippen LogP contribution in [0.2, 0.25) is 0 Å². The molecule has 3 aromatic rings. The van der Waals surface area contributed by atoms with E-state index in [1.54, 1.807) is 25.3 Å². The third-order valence-electron chi connectivity index (χ3n) is 9.25. The van der Waals surface area contributed by atoms with E-state index in [4.69, 9.17) is 4.74 Å². The summed E-state index contributed by atoms with van der Waals surface area (Å²) in [6.07, 6.45) is 2.32. The summed E-state index contributed by atoms with van der Waals surface area (Å²) in [4.78, 5) is 26.1. The zero-order valence-corrected chi connectivity index (χ0v) is 25.8. The molecule has 2 N–H and O–H groups in total. The summed E-state index contributed by atoms with van der Waals surface area (Å²) in [5.74, 6) is -2.63. The van der Waals surface area contributed by atoms with Gasteiger partial charge in [0.15, 0.2) is 0 Å². The smallest absolute Gasteiger partial charge is 0.313 e. The Kier molecular flexibility index (Phi) is 9.46. The molecule has 0 spiro atoms. The van der Waals surface area contributed by atoms with E-state index in [2.05, 4.69) is 20.3 Å². The van der Waals surface area contributed by atoms with Crippen LogP contribution in [0.15, 0.2) is 48.8 Å². The minimum absolute atomic E-state index is 0.0962. The van der Waals surface area contributed by atoms with Crippen molar-refractivity contribution >= 4 is 17.6 Å². The Morgan fingerprint density at radius 1 is 1.09 bits per heavy atom. The number of rotatable bonds is 9. The molecule has 0 aromatic carbocycles. The predicted molar refractivity (Wildman–Crippen MR) is 161 cm³/mol. The van der Waals surface area contributed by atoms with E-state index in [-0.39, 0.29) is 61.8 Å². The Morgan fingerprint density at radius 2 is 1.80 bits per heavy atom. The molecule has 1 saturated heterocycles. The van der Waals surface area contributed by atoms with E-state index in [9.17, 15) is 27.5 Å². The highest BCUT2D eigenvalue weighted by Gasteiger charge is 2.43. The number of anilines is 2.